The van der Waals surface area contributed by atoms with Crippen molar-refractivity contribution in [2.45, 2.75) is 236 Å². The summed E-state index contributed by atoms with van der Waals surface area (Å²) in [6.07, 6.45) is 39.9. The van der Waals surface area contributed by atoms with Gasteiger partial charge < -0.3 is 39.9 Å². The zero-order valence-corrected chi connectivity index (χ0v) is 40.7. The van der Waals surface area contributed by atoms with Crippen LogP contribution in [0.2, 0.25) is 0 Å². The van der Waals surface area contributed by atoms with Crippen LogP contribution in [0.5, 0.6) is 0 Å². The van der Waals surface area contributed by atoms with Gasteiger partial charge in [0.2, 0.25) is 0 Å². The molecular formula is C51H91O12P. The maximum absolute atomic E-state index is 12.8. The molecule has 0 amide bonds. The minimum absolute atomic E-state index is 0.0854. The first-order valence-electron chi connectivity index (χ1n) is 25.1. The number of hydrogen-bond acceptors (Lipinski definition) is 11. The first-order chi connectivity index (χ1) is 31.0. The predicted molar refractivity (Wildman–Crippen MR) is 258 cm³/mol. The lowest BCUT2D eigenvalue weighted by atomic mass is 9.85. The van der Waals surface area contributed by atoms with Gasteiger partial charge in [0.1, 0.15) is 42.7 Å². The van der Waals surface area contributed by atoms with E-state index in [0.717, 1.165) is 83.5 Å². The van der Waals surface area contributed by atoms with Crippen LogP contribution in [0.15, 0.2) is 60.8 Å². The van der Waals surface area contributed by atoms with E-state index in [-0.39, 0.29) is 13.0 Å². The third kappa shape index (κ3) is 32.7. The van der Waals surface area contributed by atoms with Crippen molar-refractivity contribution in [3.05, 3.63) is 60.8 Å². The molecule has 13 heteroatoms. The van der Waals surface area contributed by atoms with E-state index in [4.69, 9.17) is 18.5 Å². The first-order valence-corrected chi connectivity index (χ1v) is 26.6. The van der Waals surface area contributed by atoms with E-state index in [1.165, 1.54) is 83.5 Å². The molecule has 0 spiro atoms. The monoisotopic (exact) mass is 927 g/mol. The van der Waals surface area contributed by atoms with E-state index in [1.54, 1.807) is 0 Å². The Morgan fingerprint density at radius 2 is 0.922 bits per heavy atom. The largest absolute Gasteiger partial charge is 0.472 e. The lowest BCUT2D eigenvalue weighted by Crippen LogP contribution is -2.64. The summed E-state index contributed by atoms with van der Waals surface area (Å²) in [5, 5.41) is 50.3. The van der Waals surface area contributed by atoms with E-state index in [2.05, 4.69) is 74.6 Å². The van der Waals surface area contributed by atoms with Crippen molar-refractivity contribution >= 4 is 13.8 Å². The summed E-state index contributed by atoms with van der Waals surface area (Å²) >= 11 is 0. The number of esters is 1. The van der Waals surface area contributed by atoms with E-state index < -0.39 is 63.1 Å². The van der Waals surface area contributed by atoms with Crippen LogP contribution >= 0.6 is 7.82 Å². The van der Waals surface area contributed by atoms with Gasteiger partial charge in [0.05, 0.1) is 13.2 Å². The predicted octanol–water partition coefficient (Wildman–Crippen LogP) is 11.0. The van der Waals surface area contributed by atoms with Gasteiger partial charge in [-0.3, -0.25) is 13.8 Å². The Morgan fingerprint density at radius 1 is 0.516 bits per heavy atom. The molecule has 0 radical (unpaired) electrons. The zero-order chi connectivity index (χ0) is 46.9. The average molecular weight is 927 g/mol. The number of carbonyl (C=O) groups is 1. The minimum atomic E-state index is -5.03. The fraction of sp³-hybridized carbons (Fsp3) is 0.784. The third-order valence-electron chi connectivity index (χ3n) is 11.4. The summed E-state index contributed by atoms with van der Waals surface area (Å²) in [6, 6.07) is 0. The van der Waals surface area contributed by atoms with Crippen molar-refractivity contribution in [2.24, 2.45) is 0 Å². The molecule has 0 saturated heterocycles. The minimum Gasteiger partial charge on any atom is -0.457 e. The summed E-state index contributed by atoms with van der Waals surface area (Å²) in [5.41, 5.74) is 0. The van der Waals surface area contributed by atoms with Crippen molar-refractivity contribution in [1.29, 1.82) is 0 Å². The van der Waals surface area contributed by atoms with Crippen LogP contribution in [0.3, 0.4) is 0 Å². The van der Waals surface area contributed by atoms with E-state index in [9.17, 15) is 39.8 Å². The van der Waals surface area contributed by atoms with Crippen LogP contribution in [0.1, 0.15) is 194 Å². The zero-order valence-electron chi connectivity index (χ0n) is 39.8. The standard InChI is InChI=1S/C51H91O12P/c1-3-5-7-9-11-13-15-17-19-21-23-24-26-28-30-32-34-36-38-40-45(52)62-44(43-61-64(58,59)63-51-49(56)47(54)46(53)48(55)50(51)57)42-60-41-39-37-35-33-31-29-27-25-22-20-18-16-14-12-10-8-6-4-2/h6,8,11-14,17-20,44,46-51,53-57H,3-5,7,9-10,15-16,21-43H2,1-2H3,(H,58,59)/b8-6-,13-11-,14-12-,19-17-,20-18-. The number of phosphoric acid groups is 1. The van der Waals surface area contributed by atoms with Gasteiger partial charge in [-0.15, -0.1) is 0 Å². The molecule has 0 aromatic heterocycles. The number of aliphatic hydroxyl groups is 5. The molecule has 1 fully saturated rings. The Bertz CT molecular complexity index is 1290. The Balaban J connectivity index is 2.36. The number of ether oxygens (including phenoxy) is 2. The van der Waals surface area contributed by atoms with Crippen molar-refractivity contribution in [2.75, 3.05) is 19.8 Å². The van der Waals surface area contributed by atoms with Gasteiger partial charge in [0.25, 0.3) is 0 Å². The third-order valence-corrected chi connectivity index (χ3v) is 12.4. The second-order valence-electron chi connectivity index (χ2n) is 17.3. The number of unbranched alkanes of at least 4 members (excludes halogenated alkanes) is 20. The van der Waals surface area contributed by atoms with Gasteiger partial charge in [-0.05, 0) is 77.0 Å². The summed E-state index contributed by atoms with van der Waals surface area (Å²) in [5.74, 6) is -0.486. The SMILES string of the molecule is CC/C=C\C/C=C\C/C=C\CCCCCCCCCCOCC(COP(=O)(O)OC1C(O)C(O)C(O)C(O)C1O)OC(=O)CCCCCCCCCCC/C=C\C/C=C\CCCCC. The Hall–Kier alpha value is -1.96. The number of rotatable bonds is 42. The van der Waals surface area contributed by atoms with Gasteiger partial charge in [-0.25, -0.2) is 4.57 Å². The highest BCUT2D eigenvalue weighted by molar-refractivity contribution is 7.47. The van der Waals surface area contributed by atoms with Crippen LogP contribution in [0, 0.1) is 0 Å². The summed E-state index contributed by atoms with van der Waals surface area (Å²) in [6.45, 7) is 4.11. The topological polar surface area (TPSA) is 192 Å². The molecule has 64 heavy (non-hydrogen) atoms. The van der Waals surface area contributed by atoms with E-state index >= 15 is 0 Å². The molecule has 1 aliphatic rings. The molecule has 12 nitrogen and oxygen atoms in total. The second-order valence-corrected chi connectivity index (χ2v) is 18.7. The van der Waals surface area contributed by atoms with Crippen LogP contribution in [0.4, 0.5) is 0 Å². The number of aliphatic hydroxyl groups excluding tert-OH is 5. The fourth-order valence-electron chi connectivity index (χ4n) is 7.40. The normalized spacial score (nSPS) is 22.2. The van der Waals surface area contributed by atoms with Crippen molar-refractivity contribution in [3.8, 4) is 0 Å². The molecule has 372 valence electrons. The molecule has 6 unspecified atom stereocenters. The van der Waals surface area contributed by atoms with Gasteiger partial charge in [0.15, 0.2) is 0 Å². The Kier molecular flexibility index (Phi) is 38.7. The molecule has 0 aromatic rings. The molecule has 0 heterocycles. The molecule has 6 N–H and O–H groups in total. The first kappa shape index (κ1) is 60.1. The quantitative estimate of drug-likeness (QED) is 0.0147. The average Bonchev–Trinajstić information content (AvgIpc) is 3.28. The summed E-state index contributed by atoms with van der Waals surface area (Å²) < 4.78 is 34.3. The lowest BCUT2D eigenvalue weighted by molar-refractivity contribution is -0.220. The van der Waals surface area contributed by atoms with E-state index in [0.29, 0.717) is 13.0 Å². The molecule has 0 aliphatic heterocycles. The molecule has 1 saturated carbocycles. The number of allylic oxidation sites excluding steroid dienone is 10. The van der Waals surface area contributed by atoms with Gasteiger partial charge in [-0.2, -0.15) is 0 Å². The molecule has 0 bridgehead atoms. The van der Waals surface area contributed by atoms with Gasteiger partial charge >= 0.3 is 13.8 Å². The highest BCUT2D eigenvalue weighted by Crippen LogP contribution is 2.47. The van der Waals surface area contributed by atoms with Crippen LogP contribution < -0.4 is 0 Å². The number of hydrogen-bond donors (Lipinski definition) is 6. The maximum Gasteiger partial charge on any atom is 0.472 e. The Morgan fingerprint density at radius 3 is 1.41 bits per heavy atom. The summed E-state index contributed by atoms with van der Waals surface area (Å²) in [7, 11) is -5.03. The highest BCUT2D eigenvalue weighted by Gasteiger charge is 2.51. The molecule has 0 aromatic carbocycles. The van der Waals surface area contributed by atoms with Crippen molar-refractivity contribution in [1.82, 2.24) is 0 Å². The van der Waals surface area contributed by atoms with Crippen LogP contribution in [-0.4, -0.2) is 98.9 Å². The molecule has 1 aliphatic carbocycles. The van der Waals surface area contributed by atoms with Crippen molar-refractivity contribution < 1.29 is 58.3 Å². The molecule has 1 rings (SSSR count). The maximum atomic E-state index is 12.8. The molecule has 6 atom stereocenters. The van der Waals surface area contributed by atoms with E-state index in [1.807, 2.05) is 0 Å². The lowest BCUT2D eigenvalue weighted by Gasteiger charge is -2.41. The summed E-state index contributed by atoms with van der Waals surface area (Å²) in [4.78, 5) is 23.2. The van der Waals surface area contributed by atoms with Crippen LogP contribution in [0.25, 0.3) is 0 Å². The number of carbonyl (C=O) groups excluding carboxylic acids is 1. The smallest absolute Gasteiger partial charge is 0.457 e. The van der Waals surface area contributed by atoms with Crippen molar-refractivity contribution in [3.63, 3.8) is 0 Å². The second kappa shape index (κ2) is 41.2. The van der Waals surface area contributed by atoms with Gasteiger partial charge in [0, 0.05) is 13.0 Å². The van der Waals surface area contributed by atoms with Gasteiger partial charge in [-0.1, -0.05) is 171 Å². The molecular weight excluding hydrogens is 836 g/mol. The highest BCUT2D eigenvalue weighted by atomic mass is 31.2. The van der Waals surface area contributed by atoms with Crippen LogP contribution in [-0.2, 0) is 27.9 Å². The fourth-order valence-corrected chi connectivity index (χ4v) is 8.37. The Labute approximate surface area is 387 Å². The number of phosphoric ester groups is 1.